The zero-order valence-electron chi connectivity index (χ0n) is 9.91. The molecule has 0 radical (unpaired) electrons. The Morgan fingerprint density at radius 3 is 2.94 bits per heavy atom. The van der Waals surface area contributed by atoms with Gasteiger partial charge in [-0.15, -0.1) is 0 Å². The molecule has 0 saturated carbocycles. The molecule has 1 aromatic carbocycles. The number of rotatable bonds is 2. The lowest BCUT2D eigenvalue weighted by Gasteiger charge is -2.24. The van der Waals surface area contributed by atoms with Crippen LogP contribution in [0.15, 0.2) is 18.2 Å². The van der Waals surface area contributed by atoms with Crippen molar-refractivity contribution in [2.75, 3.05) is 31.2 Å². The molecule has 16 heavy (non-hydrogen) atoms. The molecule has 0 atom stereocenters. The van der Waals surface area contributed by atoms with Gasteiger partial charge in [-0.1, -0.05) is 12.1 Å². The quantitative estimate of drug-likeness (QED) is 0.824. The van der Waals surface area contributed by atoms with Crippen LogP contribution in [-0.4, -0.2) is 26.3 Å². The van der Waals surface area contributed by atoms with Crippen molar-refractivity contribution in [1.29, 1.82) is 0 Å². The predicted octanol–water partition coefficient (Wildman–Crippen LogP) is 1.68. The Hall–Kier alpha value is -1.06. The summed E-state index contributed by atoms with van der Waals surface area (Å²) in [5.74, 6) is 0. The molecule has 3 heteroatoms. The maximum atomic E-state index is 5.64. The summed E-state index contributed by atoms with van der Waals surface area (Å²) in [6, 6.07) is 6.48. The van der Waals surface area contributed by atoms with Crippen LogP contribution in [0.1, 0.15) is 17.5 Å². The van der Waals surface area contributed by atoms with Crippen molar-refractivity contribution in [2.45, 2.75) is 19.9 Å². The number of benzene rings is 1. The first-order chi connectivity index (χ1) is 7.81. The summed E-state index contributed by atoms with van der Waals surface area (Å²) < 4.78 is 5.47. The number of hydrogen-bond donors (Lipinski definition) is 1. The number of nitrogens with zero attached hydrogens (tertiary/aromatic N) is 1. The van der Waals surface area contributed by atoms with Gasteiger partial charge >= 0.3 is 0 Å². The lowest BCUT2D eigenvalue weighted by atomic mass is 10.1. The first-order valence-electron chi connectivity index (χ1n) is 5.93. The van der Waals surface area contributed by atoms with Gasteiger partial charge in [0.15, 0.2) is 0 Å². The van der Waals surface area contributed by atoms with Crippen LogP contribution in [0.3, 0.4) is 0 Å². The van der Waals surface area contributed by atoms with E-state index in [4.69, 9.17) is 10.5 Å². The summed E-state index contributed by atoms with van der Waals surface area (Å²) in [6.45, 7) is 6.56. The van der Waals surface area contributed by atoms with Gasteiger partial charge in [0, 0.05) is 31.9 Å². The summed E-state index contributed by atoms with van der Waals surface area (Å²) in [5, 5.41) is 0. The fourth-order valence-corrected chi connectivity index (χ4v) is 2.19. The molecule has 1 aliphatic heterocycles. The fourth-order valence-electron chi connectivity index (χ4n) is 2.19. The van der Waals surface area contributed by atoms with Gasteiger partial charge in [-0.05, 0) is 30.5 Å². The van der Waals surface area contributed by atoms with E-state index in [0.717, 1.165) is 32.7 Å². The van der Waals surface area contributed by atoms with E-state index >= 15 is 0 Å². The standard InChI is InChI=1S/C13H20N2O/c1-11-9-12(10-14)3-4-13(11)15-5-2-7-16-8-6-15/h3-4,9H,2,5-8,10,14H2,1H3. The molecule has 0 spiro atoms. The molecule has 0 aliphatic carbocycles. The molecule has 0 bridgehead atoms. The third-order valence-corrected chi connectivity index (χ3v) is 3.06. The lowest BCUT2D eigenvalue weighted by Crippen LogP contribution is -2.26. The van der Waals surface area contributed by atoms with Gasteiger partial charge in [0.05, 0.1) is 6.61 Å². The minimum atomic E-state index is 0.615. The van der Waals surface area contributed by atoms with E-state index in [9.17, 15) is 0 Å². The maximum Gasteiger partial charge on any atom is 0.0641 e. The van der Waals surface area contributed by atoms with Crippen LogP contribution < -0.4 is 10.6 Å². The second kappa shape index (κ2) is 5.32. The van der Waals surface area contributed by atoms with Gasteiger partial charge in [-0.3, -0.25) is 0 Å². The summed E-state index contributed by atoms with van der Waals surface area (Å²) in [4.78, 5) is 2.41. The van der Waals surface area contributed by atoms with Crippen molar-refractivity contribution in [3.8, 4) is 0 Å². The van der Waals surface area contributed by atoms with Crippen molar-refractivity contribution in [1.82, 2.24) is 0 Å². The molecular weight excluding hydrogens is 200 g/mol. The molecular formula is C13H20N2O. The highest BCUT2D eigenvalue weighted by atomic mass is 16.5. The SMILES string of the molecule is Cc1cc(CN)ccc1N1CCCOCC1. The third-order valence-electron chi connectivity index (χ3n) is 3.06. The first-order valence-corrected chi connectivity index (χ1v) is 5.93. The van der Waals surface area contributed by atoms with Crippen molar-refractivity contribution in [3.05, 3.63) is 29.3 Å². The molecule has 0 unspecified atom stereocenters. The molecule has 1 saturated heterocycles. The average molecular weight is 220 g/mol. The largest absolute Gasteiger partial charge is 0.380 e. The van der Waals surface area contributed by atoms with E-state index in [2.05, 4.69) is 30.0 Å². The van der Waals surface area contributed by atoms with Gasteiger partial charge in [-0.2, -0.15) is 0 Å². The second-order valence-corrected chi connectivity index (χ2v) is 4.28. The Morgan fingerprint density at radius 1 is 1.31 bits per heavy atom. The zero-order chi connectivity index (χ0) is 11.4. The Balaban J connectivity index is 2.18. The molecule has 0 amide bonds. The molecule has 3 nitrogen and oxygen atoms in total. The number of hydrogen-bond acceptors (Lipinski definition) is 3. The van der Waals surface area contributed by atoms with Gasteiger partial charge in [-0.25, -0.2) is 0 Å². The van der Waals surface area contributed by atoms with Gasteiger partial charge in [0.25, 0.3) is 0 Å². The van der Waals surface area contributed by atoms with Crippen LogP contribution >= 0.6 is 0 Å². The van der Waals surface area contributed by atoms with Crippen LogP contribution in [0.25, 0.3) is 0 Å². The lowest BCUT2D eigenvalue weighted by molar-refractivity contribution is 0.152. The van der Waals surface area contributed by atoms with Crippen molar-refractivity contribution in [3.63, 3.8) is 0 Å². The van der Waals surface area contributed by atoms with E-state index < -0.39 is 0 Å². The molecule has 0 aromatic heterocycles. The van der Waals surface area contributed by atoms with E-state index in [1.165, 1.54) is 16.8 Å². The molecule has 2 rings (SSSR count). The van der Waals surface area contributed by atoms with Crippen molar-refractivity contribution >= 4 is 5.69 Å². The summed E-state index contributed by atoms with van der Waals surface area (Å²) >= 11 is 0. The van der Waals surface area contributed by atoms with Crippen LogP contribution in [0.4, 0.5) is 5.69 Å². The molecule has 2 N–H and O–H groups in total. The third kappa shape index (κ3) is 2.54. The van der Waals surface area contributed by atoms with Crippen LogP contribution in [0.5, 0.6) is 0 Å². The molecule has 1 fully saturated rings. The van der Waals surface area contributed by atoms with Crippen molar-refractivity contribution < 1.29 is 4.74 Å². The Bertz CT molecular complexity index is 344. The van der Waals surface area contributed by atoms with Crippen LogP contribution in [-0.2, 0) is 11.3 Å². The van der Waals surface area contributed by atoms with Gasteiger partial charge in [0.1, 0.15) is 0 Å². The number of anilines is 1. The van der Waals surface area contributed by atoms with E-state index in [1.807, 2.05) is 0 Å². The van der Waals surface area contributed by atoms with Gasteiger partial charge < -0.3 is 15.4 Å². The first kappa shape index (κ1) is 11.4. The van der Waals surface area contributed by atoms with E-state index in [0.29, 0.717) is 6.54 Å². The molecule has 1 aromatic rings. The highest BCUT2D eigenvalue weighted by Crippen LogP contribution is 2.22. The number of nitrogens with two attached hydrogens (primary N) is 1. The molecule has 1 aliphatic rings. The van der Waals surface area contributed by atoms with Crippen molar-refractivity contribution in [2.24, 2.45) is 5.73 Å². The molecule has 1 heterocycles. The fraction of sp³-hybridized carbons (Fsp3) is 0.538. The highest BCUT2D eigenvalue weighted by Gasteiger charge is 2.11. The highest BCUT2D eigenvalue weighted by molar-refractivity contribution is 5.54. The monoisotopic (exact) mass is 220 g/mol. The second-order valence-electron chi connectivity index (χ2n) is 4.28. The smallest absolute Gasteiger partial charge is 0.0641 e. The van der Waals surface area contributed by atoms with Gasteiger partial charge in [0.2, 0.25) is 0 Å². The van der Waals surface area contributed by atoms with E-state index in [1.54, 1.807) is 0 Å². The maximum absolute atomic E-state index is 5.64. The number of ether oxygens (including phenoxy) is 1. The summed E-state index contributed by atoms with van der Waals surface area (Å²) in [6.07, 6.45) is 1.11. The minimum absolute atomic E-state index is 0.615. The molecule has 88 valence electrons. The summed E-state index contributed by atoms with van der Waals surface area (Å²) in [5.41, 5.74) is 9.47. The van der Waals surface area contributed by atoms with E-state index in [-0.39, 0.29) is 0 Å². The topological polar surface area (TPSA) is 38.5 Å². The van der Waals surface area contributed by atoms with Crippen LogP contribution in [0, 0.1) is 6.92 Å². The Kier molecular flexibility index (Phi) is 3.80. The Morgan fingerprint density at radius 2 is 2.19 bits per heavy atom. The predicted molar refractivity (Wildman–Crippen MR) is 66.7 cm³/mol. The van der Waals surface area contributed by atoms with Crippen LogP contribution in [0.2, 0.25) is 0 Å². The number of aryl methyl sites for hydroxylation is 1. The normalized spacial score (nSPS) is 17.2. The minimum Gasteiger partial charge on any atom is -0.380 e. The Labute approximate surface area is 97.2 Å². The zero-order valence-corrected chi connectivity index (χ0v) is 9.91. The summed E-state index contributed by atoms with van der Waals surface area (Å²) in [7, 11) is 0. The average Bonchev–Trinajstić information content (AvgIpc) is 2.57.